The number of nitrogens with zero attached hydrogens (tertiary/aromatic N) is 1. The second-order valence-corrected chi connectivity index (χ2v) is 2.48. The van der Waals surface area contributed by atoms with Gasteiger partial charge in [0.1, 0.15) is 6.61 Å². The second-order valence-electron chi connectivity index (χ2n) is 2.48. The highest BCUT2D eigenvalue weighted by Crippen LogP contribution is 1.99. The minimum Gasteiger partial charge on any atom is -0.487 e. The minimum atomic E-state index is -0.110. The molecule has 0 aliphatic heterocycles. The highest BCUT2D eigenvalue weighted by molar-refractivity contribution is 5.16. The van der Waals surface area contributed by atoms with Gasteiger partial charge in [0.05, 0.1) is 0 Å². The van der Waals surface area contributed by atoms with Crippen molar-refractivity contribution in [3.63, 3.8) is 0 Å². The summed E-state index contributed by atoms with van der Waals surface area (Å²) in [4.78, 5) is 11.1. The average molecular weight is 168 g/mol. The maximum absolute atomic E-state index is 11.1. The molecule has 12 heavy (non-hydrogen) atoms. The van der Waals surface area contributed by atoms with Crippen molar-refractivity contribution in [2.24, 2.45) is 12.8 Å². The predicted octanol–water partition coefficient (Wildman–Crippen LogP) is -0.277. The van der Waals surface area contributed by atoms with E-state index in [-0.39, 0.29) is 5.43 Å². The summed E-state index contributed by atoms with van der Waals surface area (Å²) in [5, 5.41) is 0. The molecule has 1 heterocycles. The van der Waals surface area contributed by atoms with Crippen molar-refractivity contribution in [1.82, 2.24) is 4.57 Å². The molecule has 0 spiro atoms. The SMILES string of the molecule is Cn1ccc(=O)c(OCCN)c1. The van der Waals surface area contributed by atoms with E-state index in [4.69, 9.17) is 10.5 Å². The lowest BCUT2D eigenvalue weighted by atomic mass is 10.4. The van der Waals surface area contributed by atoms with Crippen LogP contribution in [0.1, 0.15) is 0 Å². The minimum absolute atomic E-state index is 0.110. The summed E-state index contributed by atoms with van der Waals surface area (Å²) in [5.74, 6) is 0.352. The van der Waals surface area contributed by atoms with Crippen molar-refractivity contribution in [3.8, 4) is 5.75 Å². The van der Waals surface area contributed by atoms with E-state index in [1.54, 1.807) is 17.0 Å². The Morgan fingerprint density at radius 3 is 3.08 bits per heavy atom. The Labute approximate surface area is 70.6 Å². The van der Waals surface area contributed by atoms with Crippen LogP contribution in [-0.4, -0.2) is 17.7 Å². The van der Waals surface area contributed by atoms with Gasteiger partial charge in [-0.1, -0.05) is 0 Å². The summed E-state index contributed by atoms with van der Waals surface area (Å²) in [6.07, 6.45) is 3.32. The van der Waals surface area contributed by atoms with Crippen LogP contribution in [0.4, 0.5) is 0 Å². The molecule has 1 aromatic heterocycles. The third-order valence-electron chi connectivity index (χ3n) is 1.40. The Kier molecular flexibility index (Phi) is 2.88. The quantitative estimate of drug-likeness (QED) is 0.675. The van der Waals surface area contributed by atoms with Gasteiger partial charge in [-0.3, -0.25) is 4.79 Å². The van der Waals surface area contributed by atoms with Crippen molar-refractivity contribution in [1.29, 1.82) is 0 Å². The molecule has 0 aliphatic carbocycles. The van der Waals surface area contributed by atoms with Gasteiger partial charge >= 0.3 is 0 Å². The molecule has 1 aromatic rings. The number of nitrogens with two attached hydrogens (primary N) is 1. The van der Waals surface area contributed by atoms with Crippen molar-refractivity contribution in [3.05, 3.63) is 28.7 Å². The first-order valence-corrected chi connectivity index (χ1v) is 3.73. The lowest BCUT2D eigenvalue weighted by Gasteiger charge is -2.04. The zero-order chi connectivity index (χ0) is 8.97. The van der Waals surface area contributed by atoms with Crippen LogP contribution in [0, 0.1) is 0 Å². The van der Waals surface area contributed by atoms with Crippen LogP contribution in [0.5, 0.6) is 5.75 Å². The van der Waals surface area contributed by atoms with Crippen LogP contribution < -0.4 is 15.9 Å². The molecule has 2 N–H and O–H groups in total. The molecular weight excluding hydrogens is 156 g/mol. The molecule has 4 heteroatoms. The molecule has 0 unspecified atom stereocenters. The van der Waals surface area contributed by atoms with Gasteiger partial charge in [0.2, 0.25) is 5.43 Å². The van der Waals surface area contributed by atoms with Gasteiger partial charge in [0, 0.05) is 32.1 Å². The zero-order valence-corrected chi connectivity index (χ0v) is 6.99. The highest BCUT2D eigenvalue weighted by Gasteiger charge is 1.97. The lowest BCUT2D eigenvalue weighted by molar-refractivity contribution is 0.322. The monoisotopic (exact) mass is 168 g/mol. The van der Waals surface area contributed by atoms with Crippen LogP contribution in [0.3, 0.4) is 0 Å². The summed E-state index contributed by atoms with van der Waals surface area (Å²) in [6.45, 7) is 0.789. The summed E-state index contributed by atoms with van der Waals surface area (Å²) in [7, 11) is 1.83. The summed E-state index contributed by atoms with van der Waals surface area (Å²) < 4.78 is 6.87. The molecule has 0 aliphatic rings. The number of ether oxygens (including phenoxy) is 1. The third kappa shape index (κ3) is 2.10. The Balaban J connectivity index is 2.83. The Morgan fingerprint density at radius 2 is 2.42 bits per heavy atom. The number of hydrogen-bond acceptors (Lipinski definition) is 3. The standard InChI is InChI=1S/C8H12N2O2/c1-10-4-2-7(11)8(6-10)12-5-3-9/h2,4,6H,3,5,9H2,1H3. The van der Waals surface area contributed by atoms with Crippen LogP contribution in [0.25, 0.3) is 0 Å². The fourth-order valence-electron chi connectivity index (χ4n) is 0.836. The van der Waals surface area contributed by atoms with Crippen LogP contribution in [0.2, 0.25) is 0 Å². The van der Waals surface area contributed by atoms with E-state index < -0.39 is 0 Å². The number of aryl methyl sites for hydroxylation is 1. The fourth-order valence-corrected chi connectivity index (χ4v) is 0.836. The van der Waals surface area contributed by atoms with E-state index in [0.717, 1.165) is 0 Å². The third-order valence-corrected chi connectivity index (χ3v) is 1.40. The first-order valence-electron chi connectivity index (χ1n) is 3.73. The molecule has 0 atom stereocenters. The summed E-state index contributed by atoms with van der Waals surface area (Å²) in [5.41, 5.74) is 5.12. The molecule has 0 aromatic carbocycles. The molecule has 1 rings (SSSR count). The largest absolute Gasteiger partial charge is 0.487 e. The maximum Gasteiger partial charge on any atom is 0.223 e. The lowest BCUT2D eigenvalue weighted by Crippen LogP contribution is -2.15. The predicted molar refractivity (Wildman–Crippen MR) is 46.2 cm³/mol. The van der Waals surface area contributed by atoms with Crippen molar-refractivity contribution in [2.45, 2.75) is 0 Å². The Morgan fingerprint density at radius 1 is 1.67 bits per heavy atom. The van der Waals surface area contributed by atoms with Crippen molar-refractivity contribution < 1.29 is 4.74 Å². The molecule has 0 saturated heterocycles. The van der Waals surface area contributed by atoms with Crippen molar-refractivity contribution >= 4 is 0 Å². The molecular formula is C8H12N2O2. The molecule has 0 fully saturated rings. The summed E-state index contributed by atoms with van der Waals surface area (Å²) >= 11 is 0. The second kappa shape index (κ2) is 3.92. The Hall–Kier alpha value is -1.29. The molecule has 4 nitrogen and oxygen atoms in total. The summed E-state index contributed by atoms with van der Waals surface area (Å²) in [6, 6.07) is 1.46. The van der Waals surface area contributed by atoms with Crippen LogP contribution >= 0.6 is 0 Å². The van der Waals surface area contributed by atoms with Gasteiger partial charge < -0.3 is 15.0 Å². The molecule has 0 radical (unpaired) electrons. The first-order chi connectivity index (χ1) is 5.74. The number of pyridine rings is 1. The zero-order valence-electron chi connectivity index (χ0n) is 6.99. The van der Waals surface area contributed by atoms with Crippen molar-refractivity contribution in [2.75, 3.05) is 13.2 Å². The topological polar surface area (TPSA) is 57.2 Å². The first kappa shape index (κ1) is 8.80. The van der Waals surface area contributed by atoms with E-state index >= 15 is 0 Å². The van der Waals surface area contributed by atoms with E-state index in [2.05, 4.69) is 0 Å². The number of rotatable bonds is 3. The molecule has 66 valence electrons. The van der Waals surface area contributed by atoms with E-state index in [1.165, 1.54) is 6.07 Å². The maximum atomic E-state index is 11.1. The number of aromatic nitrogens is 1. The average Bonchev–Trinajstić information content (AvgIpc) is 2.07. The van der Waals surface area contributed by atoms with Gasteiger partial charge in [0.15, 0.2) is 5.75 Å². The van der Waals surface area contributed by atoms with Gasteiger partial charge in [0.25, 0.3) is 0 Å². The molecule has 0 amide bonds. The fraction of sp³-hybridized carbons (Fsp3) is 0.375. The smallest absolute Gasteiger partial charge is 0.223 e. The normalized spacial score (nSPS) is 9.83. The van der Waals surface area contributed by atoms with E-state index in [9.17, 15) is 4.79 Å². The van der Waals surface area contributed by atoms with Crippen LogP contribution in [-0.2, 0) is 7.05 Å². The molecule has 0 saturated carbocycles. The van der Waals surface area contributed by atoms with E-state index in [1.807, 2.05) is 7.05 Å². The van der Waals surface area contributed by atoms with E-state index in [0.29, 0.717) is 18.9 Å². The highest BCUT2D eigenvalue weighted by atomic mass is 16.5. The van der Waals surface area contributed by atoms with Gasteiger partial charge in [-0.2, -0.15) is 0 Å². The van der Waals surface area contributed by atoms with Gasteiger partial charge in [-0.25, -0.2) is 0 Å². The van der Waals surface area contributed by atoms with Crippen LogP contribution in [0.15, 0.2) is 23.3 Å². The van der Waals surface area contributed by atoms with Gasteiger partial charge in [-0.15, -0.1) is 0 Å². The van der Waals surface area contributed by atoms with Gasteiger partial charge in [-0.05, 0) is 0 Å². The number of hydrogen-bond donors (Lipinski definition) is 1. The molecule has 0 bridgehead atoms. The Bertz CT molecular complexity index is 306.